The largest absolute Gasteiger partial charge is 0.494 e. The number of unbranched alkanes of at least 4 members (excludes halogenated alkanes) is 2. The van der Waals surface area contributed by atoms with Gasteiger partial charge >= 0.3 is 0 Å². The summed E-state index contributed by atoms with van der Waals surface area (Å²) in [6.07, 6.45) is 12.8. The van der Waals surface area contributed by atoms with E-state index in [4.69, 9.17) is 19.4 Å². The summed E-state index contributed by atoms with van der Waals surface area (Å²) in [4.78, 5) is 18.5. The molecule has 6 nitrogen and oxygen atoms in total. The van der Waals surface area contributed by atoms with Crippen molar-refractivity contribution in [2.24, 2.45) is 0 Å². The van der Waals surface area contributed by atoms with Crippen molar-refractivity contribution in [3.05, 3.63) is 156 Å². The predicted octanol–water partition coefficient (Wildman–Crippen LogP) is 13.7. The average molecular weight is 759 g/mol. The number of nitrogens with zero attached hydrogens (tertiary/aromatic N) is 2. The van der Waals surface area contributed by atoms with Crippen LogP contribution in [0.25, 0.3) is 90.9 Å². The van der Waals surface area contributed by atoms with E-state index >= 15 is 0 Å². The van der Waals surface area contributed by atoms with Crippen molar-refractivity contribution >= 4 is 46.4 Å². The minimum absolute atomic E-state index is 0.702. The lowest BCUT2D eigenvalue weighted by atomic mass is 10.0. The molecule has 2 N–H and O–H groups in total. The fourth-order valence-corrected chi connectivity index (χ4v) is 7.73. The molecule has 0 saturated heterocycles. The highest BCUT2D eigenvalue weighted by Crippen LogP contribution is 2.39. The van der Waals surface area contributed by atoms with Crippen LogP contribution >= 0.6 is 0 Å². The molecule has 0 fully saturated rings. The van der Waals surface area contributed by atoms with Gasteiger partial charge < -0.3 is 19.4 Å². The number of hydrogen-bond donors (Lipinski definition) is 2. The summed E-state index contributed by atoms with van der Waals surface area (Å²) in [6, 6.07) is 46.4. The lowest BCUT2D eigenvalue weighted by Crippen LogP contribution is -1.96. The fourth-order valence-electron chi connectivity index (χ4n) is 7.73. The number of aromatic amines is 2. The third kappa shape index (κ3) is 7.49. The molecule has 58 heavy (non-hydrogen) atoms. The Balaban J connectivity index is 1.35. The van der Waals surface area contributed by atoms with Crippen molar-refractivity contribution < 1.29 is 9.47 Å². The second-order valence-corrected chi connectivity index (χ2v) is 14.7. The summed E-state index contributed by atoms with van der Waals surface area (Å²) < 4.78 is 12.1. The first kappa shape index (κ1) is 36.7. The summed E-state index contributed by atoms with van der Waals surface area (Å²) in [5.41, 5.74) is 15.7. The van der Waals surface area contributed by atoms with Crippen LogP contribution in [-0.4, -0.2) is 33.1 Å². The van der Waals surface area contributed by atoms with Gasteiger partial charge in [-0.25, -0.2) is 9.97 Å². The highest BCUT2D eigenvalue weighted by atomic mass is 16.5. The quantitative estimate of drug-likeness (QED) is 0.122. The van der Waals surface area contributed by atoms with E-state index in [0.717, 1.165) is 127 Å². The van der Waals surface area contributed by atoms with Crippen molar-refractivity contribution in [1.29, 1.82) is 0 Å². The summed E-state index contributed by atoms with van der Waals surface area (Å²) >= 11 is 0. The van der Waals surface area contributed by atoms with Crippen LogP contribution in [0.4, 0.5) is 0 Å². The molecule has 286 valence electrons. The highest BCUT2D eigenvalue weighted by molar-refractivity contribution is 5.99. The van der Waals surface area contributed by atoms with Crippen LogP contribution < -0.4 is 9.47 Å². The zero-order chi connectivity index (χ0) is 39.3. The molecule has 9 rings (SSSR count). The molecule has 0 unspecified atom stereocenters. The Bertz CT molecular complexity index is 2580. The maximum atomic E-state index is 6.06. The van der Waals surface area contributed by atoms with Crippen molar-refractivity contribution in [2.75, 3.05) is 13.2 Å². The molecule has 6 heteroatoms. The van der Waals surface area contributed by atoms with Crippen LogP contribution in [0.5, 0.6) is 11.5 Å². The van der Waals surface area contributed by atoms with E-state index in [-0.39, 0.29) is 0 Å². The number of hydrogen-bond acceptors (Lipinski definition) is 4. The van der Waals surface area contributed by atoms with Gasteiger partial charge in [-0.2, -0.15) is 0 Å². The van der Waals surface area contributed by atoms with Gasteiger partial charge in [0, 0.05) is 44.3 Å². The van der Waals surface area contributed by atoms with Gasteiger partial charge in [0.05, 0.1) is 36.0 Å². The number of H-pyrrole nitrogens is 2. The monoisotopic (exact) mass is 758 g/mol. The van der Waals surface area contributed by atoms with Crippen LogP contribution in [0.1, 0.15) is 62.3 Å². The number of aromatic nitrogens is 4. The van der Waals surface area contributed by atoms with E-state index in [1.54, 1.807) is 0 Å². The topological polar surface area (TPSA) is 75.8 Å². The summed E-state index contributed by atoms with van der Waals surface area (Å²) in [5.74, 6) is 1.73. The van der Waals surface area contributed by atoms with Crippen molar-refractivity contribution in [2.45, 2.75) is 39.5 Å². The predicted molar refractivity (Wildman–Crippen MR) is 241 cm³/mol. The summed E-state index contributed by atoms with van der Waals surface area (Å²) in [7, 11) is 0. The molecule has 0 spiro atoms. The molecular weight excluding hydrogens is 713 g/mol. The van der Waals surface area contributed by atoms with Crippen LogP contribution in [0.15, 0.2) is 133 Å². The number of nitrogens with one attached hydrogen (secondary N) is 2. The first-order valence-electron chi connectivity index (χ1n) is 20.4. The zero-order valence-electron chi connectivity index (χ0n) is 33.0. The Morgan fingerprint density at radius 1 is 0.379 bits per heavy atom. The van der Waals surface area contributed by atoms with Crippen molar-refractivity contribution in [3.63, 3.8) is 0 Å². The Morgan fingerprint density at radius 2 is 0.690 bits per heavy atom. The maximum absolute atomic E-state index is 6.06. The smallest absolute Gasteiger partial charge is 0.119 e. The van der Waals surface area contributed by atoms with E-state index in [0.29, 0.717) is 13.2 Å². The molecule has 2 aliphatic heterocycles. The zero-order valence-corrected chi connectivity index (χ0v) is 33.0. The van der Waals surface area contributed by atoms with Gasteiger partial charge in [0.1, 0.15) is 11.5 Å². The van der Waals surface area contributed by atoms with E-state index in [1.807, 2.05) is 0 Å². The van der Waals surface area contributed by atoms with Gasteiger partial charge in [0.2, 0.25) is 0 Å². The third-order valence-electron chi connectivity index (χ3n) is 10.7. The summed E-state index contributed by atoms with van der Waals surface area (Å²) in [6.45, 7) is 5.76. The van der Waals surface area contributed by atoms with E-state index in [9.17, 15) is 0 Å². The first-order valence-corrected chi connectivity index (χ1v) is 20.4. The third-order valence-corrected chi connectivity index (χ3v) is 10.7. The number of fused-ring (bicyclic) bond motifs is 8. The molecule has 8 bridgehead atoms. The first-order chi connectivity index (χ1) is 28.7. The number of rotatable bonds is 12. The number of ether oxygens (including phenoxy) is 2. The molecule has 5 heterocycles. The van der Waals surface area contributed by atoms with Gasteiger partial charge in [0.15, 0.2) is 0 Å². The maximum Gasteiger partial charge on any atom is 0.119 e. The van der Waals surface area contributed by atoms with Gasteiger partial charge in [-0.3, -0.25) is 0 Å². The van der Waals surface area contributed by atoms with Gasteiger partial charge in [0.25, 0.3) is 0 Å². The average Bonchev–Trinajstić information content (AvgIpc) is 4.11. The second-order valence-electron chi connectivity index (χ2n) is 14.7. The van der Waals surface area contributed by atoms with Crippen LogP contribution in [0.3, 0.4) is 0 Å². The van der Waals surface area contributed by atoms with Crippen LogP contribution in [0, 0.1) is 0 Å². The molecule has 0 saturated carbocycles. The molecule has 0 radical (unpaired) electrons. The minimum Gasteiger partial charge on any atom is -0.494 e. The fraction of sp³-hybridized carbons (Fsp3) is 0.154. The molecular formula is C52H46N4O2. The Kier molecular flexibility index (Phi) is 10.5. The molecule has 4 aromatic carbocycles. The SMILES string of the molecule is CCCCOc1ccc(-c2c3nc(c(-c4ccccc4)c4ccc([nH]4)c(-c4ccc(OCCCC)cc4)c4nc(c(-c5ccccc5)c5ccc2[nH]5)C=C4)C=C3)cc1. The molecule has 0 amide bonds. The Morgan fingerprint density at radius 3 is 1.00 bits per heavy atom. The van der Waals surface area contributed by atoms with Crippen LogP contribution in [-0.2, 0) is 0 Å². The molecule has 2 aliphatic rings. The lowest BCUT2D eigenvalue weighted by Gasteiger charge is -2.09. The molecule has 0 atom stereocenters. The molecule has 7 aromatic rings. The highest BCUT2D eigenvalue weighted by Gasteiger charge is 2.19. The van der Waals surface area contributed by atoms with E-state index in [2.05, 4.69) is 182 Å². The normalized spacial score (nSPS) is 11.9. The van der Waals surface area contributed by atoms with E-state index < -0.39 is 0 Å². The lowest BCUT2D eigenvalue weighted by molar-refractivity contribution is 0.309. The van der Waals surface area contributed by atoms with E-state index in [1.165, 1.54) is 0 Å². The number of benzene rings is 4. The van der Waals surface area contributed by atoms with Gasteiger partial charge in [-0.05, 0) is 108 Å². The standard InChI is InChI=1S/C52H46N4O2/c1-3-5-33-57-39-21-17-37(18-22-39)51-45-29-25-41(53-45)49(35-13-9-7-10-14-35)43-27-31-47(55-43)52(38-19-23-40(24-20-38)58-34-6-4-2)48-32-28-44(56-48)50(36-15-11-8-12-16-36)42-26-30-46(51)54-42/h7-32,53,56H,3-6,33-34H2,1-2H3. The molecule has 0 aliphatic carbocycles. The van der Waals surface area contributed by atoms with Crippen molar-refractivity contribution in [1.82, 2.24) is 19.9 Å². The summed E-state index contributed by atoms with van der Waals surface area (Å²) in [5, 5.41) is 0. The van der Waals surface area contributed by atoms with Gasteiger partial charge in [-0.1, -0.05) is 112 Å². The second kappa shape index (κ2) is 16.7. The van der Waals surface area contributed by atoms with Crippen molar-refractivity contribution in [3.8, 4) is 56.0 Å². The molecule has 3 aromatic heterocycles. The Hall–Kier alpha value is -6.92. The minimum atomic E-state index is 0.702. The van der Waals surface area contributed by atoms with Crippen LogP contribution in [0.2, 0.25) is 0 Å². The Labute approximate surface area is 339 Å². The van der Waals surface area contributed by atoms with Gasteiger partial charge in [-0.15, -0.1) is 0 Å².